The second-order valence-corrected chi connectivity index (χ2v) is 5.11. The van der Waals surface area contributed by atoms with Crippen LogP contribution in [0.5, 0.6) is 17.2 Å². The first kappa shape index (κ1) is 14.2. The molecular weight excluding hydrogens is 280 g/mol. The zero-order valence-electron chi connectivity index (χ0n) is 12.4. The van der Waals surface area contributed by atoms with Crippen molar-refractivity contribution in [2.24, 2.45) is 0 Å². The number of phenols is 1. The number of ether oxygens (including phenoxy) is 2. The monoisotopic (exact) mass is 296 g/mol. The number of phenolic OH excluding ortho intramolecular Hbond substituents is 1. The lowest BCUT2D eigenvalue weighted by molar-refractivity contribution is 0.104. The zero-order chi connectivity index (χ0) is 15.7. The van der Waals surface area contributed by atoms with Gasteiger partial charge in [0.1, 0.15) is 0 Å². The van der Waals surface area contributed by atoms with Gasteiger partial charge in [-0.05, 0) is 29.3 Å². The number of hydrogen-bond acceptors (Lipinski definition) is 4. The van der Waals surface area contributed by atoms with E-state index < -0.39 is 0 Å². The highest BCUT2D eigenvalue weighted by Crippen LogP contribution is 2.38. The molecule has 0 amide bonds. The second-order valence-electron chi connectivity index (χ2n) is 5.11. The molecule has 1 N–H and O–H groups in total. The largest absolute Gasteiger partial charge is 0.502 e. The summed E-state index contributed by atoms with van der Waals surface area (Å²) in [5, 5.41) is 9.93. The maximum atomic E-state index is 12.4. The van der Waals surface area contributed by atoms with E-state index >= 15 is 0 Å². The molecule has 1 aliphatic rings. The van der Waals surface area contributed by atoms with Gasteiger partial charge in [-0.1, -0.05) is 24.3 Å². The maximum Gasteiger partial charge on any atom is 0.200 e. The number of allylic oxidation sites excluding steroid dienone is 1. The molecular formula is C18H16O4. The predicted molar refractivity (Wildman–Crippen MR) is 83.7 cm³/mol. The Bertz CT molecular complexity index is 749. The van der Waals surface area contributed by atoms with Gasteiger partial charge in [-0.2, -0.15) is 0 Å². The summed E-state index contributed by atoms with van der Waals surface area (Å²) in [6, 6.07) is 11.0. The molecule has 112 valence electrons. The van der Waals surface area contributed by atoms with Crippen LogP contribution in [0.2, 0.25) is 0 Å². The molecule has 3 rings (SSSR count). The molecule has 0 saturated carbocycles. The Balaban J connectivity index is 2.02. The Hall–Kier alpha value is -2.75. The zero-order valence-corrected chi connectivity index (χ0v) is 12.4. The van der Waals surface area contributed by atoms with E-state index in [0.717, 1.165) is 22.3 Å². The van der Waals surface area contributed by atoms with E-state index in [1.165, 1.54) is 14.2 Å². The predicted octanol–water partition coefficient (Wildman–Crippen LogP) is 3.23. The summed E-state index contributed by atoms with van der Waals surface area (Å²) in [6.45, 7) is 0. The van der Waals surface area contributed by atoms with E-state index in [0.29, 0.717) is 17.9 Å². The smallest absolute Gasteiger partial charge is 0.200 e. The number of carbonyl (C=O) groups is 1. The normalized spacial score (nSPS) is 15.0. The highest BCUT2D eigenvalue weighted by atomic mass is 16.5. The number of methoxy groups -OCH3 is 2. The van der Waals surface area contributed by atoms with Gasteiger partial charge in [0.15, 0.2) is 17.3 Å². The highest BCUT2D eigenvalue weighted by molar-refractivity contribution is 6.15. The van der Waals surface area contributed by atoms with E-state index in [9.17, 15) is 9.90 Å². The summed E-state index contributed by atoms with van der Waals surface area (Å²) in [6.07, 6.45) is 2.42. The van der Waals surface area contributed by atoms with Crippen LogP contribution in [0.3, 0.4) is 0 Å². The Morgan fingerprint density at radius 2 is 1.73 bits per heavy atom. The standard InChI is InChI=1S/C18H16O4/c1-21-15-8-11(9-16(22-2)18(15)20)7-13-10-12-5-3-4-6-14(12)17(13)19/h3-9,20H,10H2,1-2H3/b13-7+. The van der Waals surface area contributed by atoms with Gasteiger partial charge in [0.05, 0.1) is 14.2 Å². The first-order chi connectivity index (χ1) is 10.6. The number of Topliss-reactive ketones (excluding diaryl/α,β-unsaturated/α-hetero) is 1. The topological polar surface area (TPSA) is 55.8 Å². The van der Waals surface area contributed by atoms with Crippen molar-refractivity contribution < 1.29 is 19.4 Å². The molecule has 0 unspecified atom stereocenters. The summed E-state index contributed by atoms with van der Waals surface area (Å²) < 4.78 is 10.3. The van der Waals surface area contributed by atoms with Gasteiger partial charge in [0.25, 0.3) is 0 Å². The molecule has 2 aromatic carbocycles. The SMILES string of the molecule is COc1cc(/C=C2\Cc3ccccc3C2=O)cc(OC)c1O. The summed E-state index contributed by atoms with van der Waals surface area (Å²) in [4.78, 5) is 12.4. The molecule has 1 aliphatic carbocycles. The molecule has 0 bridgehead atoms. The van der Waals surface area contributed by atoms with Crippen molar-refractivity contribution in [1.29, 1.82) is 0 Å². The van der Waals surface area contributed by atoms with E-state index in [1.807, 2.05) is 30.3 Å². The van der Waals surface area contributed by atoms with Crippen LogP contribution in [0, 0.1) is 0 Å². The number of carbonyl (C=O) groups excluding carboxylic acids is 1. The van der Waals surface area contributed by atoms with Crippen LogP contribution in [0.25, 0.3) is 6.08 Å². The van der Waals surface area contributed by atoms with E-state index in [4.69, 9.17) is 9.47 Å². The van der Waals surface area contributed by atoms with Crippen LogP contribution < -0.4 is 9.47 Å². The quantitative estimate of drug-likeness (QED) is 0.884. The molecule has 0 aromatic heterocycles. The van der Waals surface area contributed by atoms with Crippen LogP contribution in [0.15, 0.2) is 42.0 Å². The third-order valence-corrected chi connectivity index (χ3v) is 3.78. The number of aromatic hydroxyl groups is 1. The molecule has 0 radical (unpaired) electrons. The van der Waals surface area contributed by atoms with Crippen LogP contribution >= 0.6 is 0 Å². The Kier molecular flexibility index (Phi) is 3.59. The minimum absolute atomic E-state index is 0.0432. The van der Waals surface area contributed by atoms with Crippen molar-refractivity contribution in [3.8, 4) is 17.2 Å². The summed E-state index contributed by atoms with van der Waals surface area (Å²) in [7, 11) is 2.95. The molecule has 0 saturated heterocycles. The molecule has 0 aliphatic heterocycles. The first-order valence-corrected chi connectivity index (χ1v) is 6.92. The van der Waals surface area contributed by atoms with Crippen molar-refractivity contribution >= 4 is 11.9 Å². The van der Waals surface area contributed by atoms with Gasteiger partial charge in [-0.25, -0.2) is 0 Å². The van der Waals surface area contributed by atoms with Crippen molar-refractivity contribution in [2.45, 2.75) is 6.42 Å². The van der Waals surface area contributed by atoms with Gasteiger partial charge in [0, 0.05) is 17.6 Å². The minimum Gasteiger partial charge on any atom is -0.502 e. The number of fused-ring (bicyclic) bond motifs is 1. The van der Waals surface area contributed by atoms with Gasteiger partial charge in [-0.3, -0.25) is 4.79 Å². The molecule has 0 spiro atoms. The van der Waals surface area contributed by atoms with E-state index in [2.05, 4.69) is 0 Å². The van der Waals surface area contributed by atoms with E-state index in [-0.39, 0.29) is 11.5 Å². The highest BCUT2D eigenvalue weighted by Gasteiger charge is 2.24. The molecule has 2 aromatic rings. The van der Waals surface area contributed by atoms with Crippen LogP contribution in [0.1, 0.15) is 21.5 Å². The summed E-state index contributed by atoms with van der Waals surface area (Å²) in [5.41, 5.74) is 3.27. The lowest BCUT2D eigenvalue weighted by Crippen LogP contribution is -1.96. The van der Waals surface area contributed by atoms with Gasteiger partial charge < -0.3 is 14.6 Å². The fourth-order valence-corrected chi connectivity index (χ4v) is 2.67. The fourth-order valence-electron chi connectivity index (χ4n) is 2.67. The van der Waals surface area contributed by atoms with Crippen molar-refractivity contribution in [3.63, 3.8) is 0 Å². The Morgan fingerprint density at radius 3 is 2.32 bits per heavy atom. The molecule has 22 heavy (non-hydrogen) atoms. The van der Waals surface area contributed by atoms with Gasteiger partial charge in [0.2, 0.25) is 5.75 Å². The van der Waals surface area contributed by atoms with Crippen LogP contribution in [0.4, 0.5) is 0 Å². The third kappa shape index (κ3) is 2.33. The number of benzene rings is 2. The van der Waals surface area contributed by atoms with Crippen molar-refractivity contribution in [2.75, 3.05) is 14.2 Å². The molecule has 4 heteroatoms. The van der Waals surface area contributed by atoms with Crippen molar-refractivity contribution in [3.05, 3.63) is 58.7 Å². The molecule has 4 nitrogen and oxygen atoms in total. The lowest BCUT2D eigenvalue weighted by atomic mass is 10.1. The van der Waals surface area contributed by atoms with Crippen LogP contribution in [-0.4, -0.2) is 25.1 Å². The summed E-state index contributed by atoms with van der Waals surface area (Å²) >= 11 is 0. The maximum absolute atomic E-state index is 12.4. The number of ketones is 1. The number of hydrogen-bond donors (Lipinski definition) is 1. The minimum atomic E-state index is -0.0480. The van der Waals surface area contributed by atoms with Crippen LogP contribution in [-0.2, 0) is 6.42 Å². The van der Waals surface area contributed by atoms with E-state index in [1.54, 1.807) is 12.1 Å². The Morgan fingerprint density at radius 1 is 1.09 bits per heavy atom. The molecule has 0 heterocycles. The Labute approximate surface area is 128 Å². The number of rotatable bonds is 3. The average molecular weight is 296 g/mol. The lowest BCUT2D eigenvalue weighted by Gasteiger charge is -2.09. The average Bonchev–Trinajstić information content (AvgIpc) is 2.85. The van der Waals surface area contributed by atoms with Gasteiger partial charge in [-0.15, -0.1) is 0 Å². The van der Waals surface area contributed by atoms with Gasteiger partial charge >= 0.3 is 0 Å². The molecule has 0 fully saturated rings. The summed E-state index contributed by atoms with van der Waals surface area (Å²) in [5.74, 6) is 0.623. The molecule has 0 atom stereocenters. The third-order valence-electron chi connectivity index (χ3n) is 3.78. The second kappa shape index (κ2) is 5.56. The van der Waals surface area contributed by atoms with Crippen molar-refractivity contribution in [1.82, 2.24) is 0 Å². The fraction of sp³-hybridized carbons (Fsp3) is 0.167. The first-order valence-electron chi connectivity index (χ1n) is 6.92.